The number of carboxylic acid groups (broad SMARTS) is 1. The maximum absolute atomic E-state index is 11.6. The van der Waals surface area contributed by atoms with E-state index in [-0.39, 0.29) is 10.7 Å². The fourth-order valence-electron chi connectivity index (χ4n) is 1.01. The normalized spacial score (nSPS) is 11.1. The molecule has 0 amide bonds. The number of ketones is 1. The first-order valence-electron chi connectivity index (χ1n) is 4.23. The molecular weight excluding hydrogens is 212 g/mol. The van der Waals surface area contributed by atoms with Gasteiger partial charge in [-0.1, -0.05) is 30.3 Å². The van der Waals surface area contributed by atoms with E-state index in [0.29, 0.717) is 5.56 Å². The molecule has 0 heterocycles. The topological polar surface area (TPSA) is 54.4 Å². The molecule has 0 saturated carbocycles. The minimum absolute atomic E-state index is 0.0452. The summed E-state index contributed by atoms with van der Waals surface area (Å²) in [4.78, 5) is 22.3. The zero-order chi connectivity index (χ0) is 11.3. The Kier molecular flexibility index (Phi) is 4.12. The molecule has 1 aromatic carbocycles. The summed E-state index contributed by atoms with van der Waals surface area (Å²) in [5.74, 6) is -1.37. The number of thioether (sulfide) groups is 1. The van der Waals surface area contributed by atoms with Crippen LogP contribution in [0, 0.1) is 0 Å². The van der Waals surface area contributed by atoms with Crippen LogP contribution >= 0.6 is 11.8 Å². The summed E-state index contributed by atoms with van der Waals surface area (Å²) < 4.78 is 0. The molecule has 0 aromatic heterocycles. The number of allylic oxidation sites excluding steroid dienone is 1. The molecule has 0 fully saturated rings. The Bertz CT molecular complexity index is 396. The molecule has 15 heavy (non-hydrogen) atoms. The molecule has 1 rings (SSSR count). The van der Waals surface area contributed by atoms with Crippen molar-refractivity contribution in [1.29, 1.82) is 0 Å². The molecule has 0 aliphatic carbocycles. The lowest BCUT2D eigenvalue weighted by Crippen LogP contribution is -2.01. The van der Waals surface area contributed by atoms with Crippen LogP contribution in [0.25, 0.3) is 0 Å². The first kappa shape index (κ1) is 11.5. The monoisotopic (exact) mass is 222 g/mol. The summed E-state index contributed by atoms with van der Waals surface area (Å²) in [6, 6.07) is 8.58. The van der Waals surface area contributed by atoms with Crippen LogP contribution in [-0.4, -0.2) is 23.1 Å². The van der Waals surface area contributed by atoms with Crippen LogP contribution in [0.3, 0.4) is 0 Å². The van der Waals surface area contributed by atoms with Crippen LogP contribution in [0.4, 0.5) is 0 Å². The maximum Gasteiger partial charge on any atom is 0.342 e. The first-order chi connectivity index (χ1) is 7.15. The van der Waals surface area contributed by atoms with Gasteiger partial charge in [-0.05, 0) is 6.26 Å². The summed E-state index contributed by atoms with van der Waals surface area (Å²) in [6.45, 7) is 0. The number of carbonyl (C=O) groups excluding carboxylic acids is 1. The van der Waals surface area contributed by atoms with Crippen molar-refractivity contribution in [3.05, 3.63) is 46.9 Å². The molecule has 0 unspecified atom stereocenters. The SMILES string of the molecule is CS/C(=C/C(=O)c1ccccc1)C(=O)O. The van der Waals surface area contributed by atoms with E-state index in [4.69, 9.17) is 5.11 Å². The third-order valence-corrected chi connectivity index (χ3v) is 2.48. The van der Waals surface area contributed by atoms with Gasteiger partial charge in [0, 0.05) is 11.6 Å². The third-order valence-electron chi connectivity index (χ3n) is 1.75. The molecule has 0 bridgehead atoms. The fourth-order valence-corrected chi connectivity index (χ4v) is 1.41. The van der Waals surface area contributed by atoms with Crippen LogP contribution in [0.1, 0.15) is 10.4 Å². The smallest absolute Gasteiger partial charge is 0.342 e. The predicted octanol–water partition coefficient (Wildman–Crippen LogP) is 2.20. The van der Waals surface area contributed by atoms with Gasteiger partial charge in [-0.3, -0.25) is 4.79 Å². The van der Waals surface area contributed by atoms with E-state index in [1.54, 1.807) is 36.6 Å². The van der Waals surface area contributed by atoms with Gasteiger partial charge in [0.15, 0.2) is 5.78 Å². The lowest BCUT2D eigenvalue weighted by atomic mass is 10.1. The summed E-state index contributed by atoms with van der Waals surface area (Å²) in [5, 5.41) is 8.73. The molecule has 0 atom stereocenters. The van der Waals surface area contributed by atoms with Crippen molar-refractivity contribution >= 4 is 23.5 Å². The van der Waals surface area contributed by atoms with Crippen LogP contribution in [0.5, 0.6) is 0 Å². The Morgan fingerprint density at radius 3 is 2.33 bits per heavy atom. The zero-order valence-electron chi connectivity index (χ0n) is 8.14. The van der Waals surface area contributed by atoms with Crippen LogP contribution in [-0.2, 0) is 4.79 Å². The van der Waals surface area contributed by atoms with Crippen molar-refractivity contribution < 1.29 is 14.7 Å². The molecule has 0 spiro atoms. The second-order valence-corrected chi connectivity index (χ2v) is 3.60. The zero-order valence-corrected chi connectivity index (χ0v) is 8.95. The van der Waals surface area contributed by atoms with E-state index in [0.717, 1.165) is 17.8 Å². The minimum atomic E-state index is -1.08. The third kappa shape index (κ3) is 3.25. The van der Waals surface area contributed by atoms with Gasteiger partial charge in [0.05, 0.1) is 4.91 Å². The molecular formula is C11H10O3S. The van der Waals surface area contributed by atoms with Gasteiger partial charge in [0.1, 0.15) is 0 Å². The number of hydrogen-bond donors (Lipinski definition) is 1. The summed E-state index contributed by atoms with van der Waals surface area (Å²) in [5.41, 5.74) is 0.491. The highest BCUT2D eigenvalue weighted by Gasteiger charge is 2.09. The predicted molar refractivity (Wildman–Crippen MR) is 60.0 cm³/mol. The molecule has 0 saturated heterocycles. The van der Waals surface area contributed by atoms with E-state index in [9.17, 15) is 9.59 Å². The average Bonchev–Trinajstić information content (AvgIpc) is 2.26. The largest absolute Gasteiger partial charge is 0.477 e. The van der Waals surface area contributed by atoms with Crippen LogP contribution in [0.15, 0.2) is 41.3 Å². The average molecular weight is 222 g/mol. The van der Waals surface area contributed by atoms with Crippen molar-refractivity contribution in [2.75, 3.05) is 6.26 Å². The Morgan fingerprint density at radius 1 is 1.27 bits per heavy atom. The highest BCUT2D eigenvalue weighted by atomic mass is 32.2. The Labute approximate surface area is 91.8 Å². The molecule has 3 nitrogen and oxygen atoms in total. The molecule has 78 valence electrons. The molecule has 0 aliphatic heterocycles. The van der Waals surface area contributed by atoms with Crippen molar-refractivity contribution in [3.8, 4) is 0 Å². The molecule has 1 N–H and O–H groups in total. The summed E-state index contributed by atoms with van der Waals surface area (Å²) >= 11 is 1.04. The molecule has 0 aliphatic rings. The molecule has 1 aromatic rings. The maximum atomic E-state index is 11.6. The number of carboxylic acids is 1. The molecule has 4 heteroatoms. The van der Waals surface area contributed by atoms with Crippen molar-refractivity contribution in [2.45, 2.75) is 0 Å². The van der Waals surface area contributed by atoms with Crippen LogP contribution < -0.4 is 0 Å². The van der Waals surface area contributed by atoms with E-state index in [1.165, 1.54) is 0 Å². The van der Waals surface area contributed by atoms with Crippen molar-refractivity contribution in [3.63, 3.8) is 0 Å². The van der Waals surface area contributed by atoms with E-state index >= 15 is 0 Å². The Morgan fingerprint density at radius 2 is 1.87 bits per heavy atom. The Balaban J connectivity index is 2.92. The van der Waals surface area contributed by atoms with Gasteiger partial charge in [0.2, 0.25) is 0 Å². The van der Waals surface area contributed by atoms with Gasteiger partial charge in [-0.15, -0.1) is 11.8 Å². The van der Waals surface area contributed by atoms with Gasteiger partial charge in [-0.25, -0.2) is 4.79 Å². The number of rotatable bonds is 4. The van der Waals surface area contributed by atoms with Gasteiger partial charge < -0.3 is 5.11 Å². The number of aliphatic carboxylic acids is 1. The van der Waals surface area contributed by atoms with Crippen LogP contribution in [0.2, 0.25) is 0 Å². The fraction of sp³-hybridized carbons (Fsp3) is 0.0909. The van der Waals surface area contributed by atoms with E-state index < -0.39 is 5.97 Å². The Hall–Kier alpha value is -1.55. The number of benzene rings is 1. The lowest BCUT2D eigenvalue weighted by Gasteiger charge is -1.97. The summed E-state index contributed by atoms with van der Waals surface area (Å²) in [6.07, 6.45) is 2.76. The van der Waals surface area contributed by atoms with Crippen molar-refractivity contribution in [2.24, 2.45) is 0 Å². The second kappa shape index (κ2) is 5.36. The minimum Gasteiger partial charge on any atom is -0.477 e. The van der Waals surface area contributed by atoms with E-state index in [2.05, 4.69) is 0 Å². The van der Waals surface area contributed by atoms with Gasteiger partial charge in [-0.2, -0.15) is 0 Å². The quantitative estimate of drug-likeness (QED) is 0.626. The van der Waals surface area contributed by atoms with Gasteiger partial charge >= 0.3 is 5.97 Å². The number of carbonyl (C=O) groups is 2. The highest BCUT2D eigenvalue weighted by molar-refractivity contribution is 8.03. The standard InChI is InChI=1S/C11H10O3S/c1-15-10(11(13)14)7-9(12)8-5-3-2-4-6-8/h2-7H,1H3,(H,13,14)/b10-7+. The first-order valence-corrected chi connectivity index (χ1v) is 5.46. The van der Waals surface area contributed by atoms with E-state index in [1.807, 2.05) is 0 Å². The second-order valence-electron chi connectivity index (χ2n) is 2.75. The van der Waals surface area contributed by atoms with Crippen molar-refractivity contribution in [1.82, 2.24) is 0 Å². The summed E-state index contributed by atoms with van der Waals surface area (Å²) in [7, 11) is 0. The highest BCUT2D eigenvalue weighted by Crippen LogP contribution is 2.13. The lowest BCUT2D eigenvalue weighted by molar-refractivity contribution is -0.131. The van der Waals surface area contributed by atoms with Gasteiger partial charge in [0.25, 0.3) is 0 Å². The molecule has 0 radical (unpaired) electrons. The number of hydrogen-bond acceptors (Lipinski definition) is 3.